The van der Waals surface area contributed by atoms with Crippen LogP contribution in [0.2, 0.25) is 0 Å². The van der Waals surface area contributed by atoms with Gasteiger partial charge in [0.1, 0.15) is 0 Å². The molecule has 0 spiro atoms. The number of hydrogen-bond acceptors (Lipinski definition) is 4. The van der Waals surface area contributed by atoms with Crippen LogP contribution in [0.25, 0.3) is 0 Å². The molecule has 4 rings (SSSR count). The number of piperidine rings is 1. The summed E-state index contributed by atoms with van der Waals surface area (Å²) >= 11 is 0. The Morgan fingerprint density at radius 1 is 1.03 bits per heavy atom. The molecule has 1 aliphatic carbocycles. The van der Waals surface area contributed by atoms with E-state index in [9.17, 15) is 4.79 Å². The molecule has 1 amide bonds. The van der Waals surface area contributed by atoms with Crippen molar-refractivity contribution in [2.24, 2.45) is 5.92 Å². The second kappa shape index (κ2) is 10.6. The van der Waals surface area contributed by atoms with Crippen LogP contribution >= 0.6 is 0 Å². The molecule has 1 saturated heterocycles. The predicted molar refractivity (Wildman–Crippen MR) is 123 cm³/mol. The number of anilines is 2. The third-order valence-corrected chi connectivity index (χ3v) is 6.53. The van der Waals surface area contributed by atoms with E-state index >= 15 is 0 Å². The highest BCUT2D eigenvalue weighted by molar-refractivity contribution is 5.91. The van der Waals surface area contributed by atoms with Crippen molar-refractivity contribution in [1.82, 2.24) is 10.3 Å². The highest BCUT2D eigenvalue weighted by atomic mass is 16.1. The maximum Gasteiger partial charge on any atom is 0.224 e. The fourth-order valence-electron chi connectivity index (χ4n) is 4.78. The molecule has 1 aliphatic heterocycles. The van der Waals surface area contributed by atoms with Crippen molar-refractivity contribution in [2.45, 2.75) is 57.4 Å². The van der Waals surface area contributed by atoms with Crippen molar-refractivity contribution in [3.63, 3.8) is 0 Å². The fourth-order valence-corrected chi connectivity index (χ4v) is 4.78. The standard InChI is InChI=1S/C25H34N4O/c30-25(18-21-4-1-2-5-21)28-23-6-3-7-24(19-23)29-16-11-22(12-17-29)27-15-10-20-8-13-26-14-9-20/h3,6-9,13-14,19,21-22,27H,1-2,4-5,10-12,15-18H2,(H,28,30). The maximum atomic E-state index is 12.4. The summed E-state index contributed by atoms with van der Waals surface area (Å²) in [5, 5.41) is 6.83. The number of carbonyl (C=O) groups is 1. The molecule has 0 unspecified atom stereocenters. The molecule has 2 aliphatic rings. The number of pyridine rings is 1. The van der Waals surface area contributed by atoms with Gasteiger partial charge in [0.05, 0.1) is 0 Å². The summed E-state index contributed by atoms with van der Waals surface area (Å²) in [7, 11) is 0. The van der Waals surface area contributed by atoms with Crippen LogP contribution in [0, 0.1) is 5.92 Å². The molecule has 2 heterocycles. The lowest BCUT2D eigenvalue weighted by molar-refractivity contribution is -0.117. The smallest absolute Gasteiger partial charge is 0.224 e. The molecule has 1 aromatic heterocycles. The van der Waals surface area contributed by atoms with Gasteiger partial charge < -0.3 is 15.5 Å². The Morgan fingerprint density at radius 3 is 2.57 bits per heavy atom. The predicted octanol–water partition coefficient (Wildman–Crippen LogP) is 4.40. The van der Waals surface area contributed by atoms with Gasteiger partial charge in [-0.1, -0.05) is 18.9 Å². The van der Waals surface area contributed by atoms with Crippen LogP contribution in [-0.2, 0) is 11.2 Å². The molecule has 1 saturated carbocycles. The summed E-state index contributed by atoms with van der Waals surface area (Å²) in [5.74, 6) is 0.745. The van der Waals surface area contributed by atoms with E-state index in [1.807, 2.05) is 18.5 Å². The molecular weight excluding hydrogens is 372 g/mol. The monoisotopic (exact) mass is 406 g/mol. The molecule has 30 heavy (non-hydrogen) atoms. The molecule has 160 valence electrons. The average Bonchev–Trinajstić information content (AvgIpc) is 3.28. The van der Waals surface area contributed by atoms with Crippen molar-refractivity contribution < 1.29 is 4.79 Å². The van der Waals surface area contributed by atoms with E-state index in [4.69, 9.17) is 0 Å². The Bertz CT molecular complexity index is 796. The lowest BCUT2D eigenvalue weighted by Crippen LogP contribution is -2.43. The number of aromatic nitrogens is 1. The number of nitrogens with one attached hydrogen (secondary N) is 2. The van der Waals surface area contributed by atoms with Crippen LogP contribution < -0.4 is 15.5 Å². The summed E-state index contributed by atoms with van der Waals surface area (Å²) in [6.45, 7) is 3.11. The number of carbonyl (C=O) groups excluding carboxylic acids is 1. The molecule has 1 aromatic carbocycles. The van der Waals surface area contributed by atoms with E-state index in [2.05, 4.69) is 50.8 Å². The quantitative estimate of drug-likeness (QED) is 0.682. The summed E-state index contributed by atoms with van der Waals surface area (Å²) in [6, 6.07) is 13.1. The zero-order valence-electron chi connectivity index (χ0n) is 17.9. The fraction of sp³-hybridized carbons (Fsp3) is 0.520. The van der Waals surface area contributed by atoms with Gasteiger partial charge >= 0.3 is 0 Å². The number of nitrogens with zero attached hydrogens (tertiary/aromatic N) is 2. The van der Waals surface area contributed by atoms with Gasteiger partial charge in [-0.05, 0) is 80.5 Å². The molecule has 2 N–H and O–H groups in total. The van der Waals surface area contributed by atoms with Crippen molar-refractivity contribution >= 4 is 17.3 Å². The van der Waals surface area contributed by atoms with Crippen molar-refractivity contribution in [3.8, 4) is 0 Å². The Morgan fingerprint density at radius 2 is 1.80 bits per heavy atom. The van der Waals surface area contributed by atoms with Gasteiger partial charge in [-0.2, -0.15) is 0 Å². The summed E-state index contributed by atoms with van der Waals surface area (Å²) in [4.78, 5) is 18.9. The number of hydrogen-bond donors (Lipinski definition) is 2. The normalized spacial score (nSPS) is 17.9. The Balaban J connectivity index is 1.21. The maximum absolute atomic E-state index is 12.4. The minimum Gasteiger partial charge on any atom is -0.371 e. The van der Waals surface area contributed by atoms with E-state index in [1.54, 1.807) is 0 Å². The van der Waals surface area contributed by atoms with Crippen molar-refractivity contribution in [3.05, 3.63) is 54.4 Å². The number of benzene rings is 1. The molecule has 2 fully saturated rings. The first-order valence-corrected chi connectivity index (χ1v) is 11.5. The number of amides is 1. The van der Waals surface area contributed by atoms with Crippen LogP contribution in [0.15, 0.2) is 48.8 Å². The van der Waals surface area contributed by atoms with Crippen LogP contribution in [-0.4, -0.2) is 36.6 Å². The van der Waals surface area contributed by atoms with E-state index < -0.39 is 0 Å². The Labute approximate surface area is 180 Å². The van der Waals surface area contributed by atoms with Gasteiger partial charge in [-0.25, -0.2) is 0 Å². The molecule has 0 radical (unpaired) electrons. The Kier molecular flexibility index (Phi) is 7.35. The molecule has 5 nitrogen and oxygen atoms in total. The zero-order valence-corrected chi connectivity index (χ0v) is 17.9. The third-order valence-electron chi connectivity index (χ3n) is 6.53. The first kappa shape index (κ1) is 20.9. The average molecular weight is 407 g/mol. The van der Waals surface area contributed by atoms with E-state index in [-0.39, 0.29) is 5.91 Å². The van der Waals surface area contributed by atoms with Gasteiger partial charge in [0.25, 0.3) is 0 Å². The Hall–Kier alpha value is -2.40. The first-order chi connectivity index (χ1) is 14.8. The van der Waals surface area contributed by atoms with E-state index in [1.165, 1.54) is 36.9 Å². The van der Waals surface area contributed by atoms with Gasteiger partial charge in [0.2, 0.25) is 5.91 Å². The highest BCUT2D eigenvalue weighted by Crippen LogP contribution is 2.28. The highest BCUT2D eigenvalue weighted by Gasteiger charge is 2.20. The zero-order chi connectivity index (χ0) is 20.6. The third kappa shape index (κ3) is 6.05. The van der Waals surface area contributed by atoms with Crippen molar-refractivity contribution in [2.75, 3.05) is 29.9 Å². The molecule has 0 atom stereocenters. The van der Waals surface area contributed by atoms with Gasteiger partial charge in [-0.3, -0.25) is 9.78 Å². The van der Waals surface area contributed by atoms with Gasteiger partial charge in [-0.15, -0.1) is 0 Å². The minimum absolute atomic E-state index is 0.163. The summed E-state index contributed by atoms with van der Waals surface area (Å²) in [6.07, 6.45) is 12.7. The van der Waals surface area contributed by atoms with Crippen LogP contribution in [0.1, 0.15) is 50.5 Å². The van der Waals surface area contributed by atoms with E-state index in [0.717, 1.165) is 44.6 Å². The van der Waals surface area contributed by atoms with Crippen LogP contribution in [0.4, 0.5) is 11.4 Å². The molecule has 2 aromatic rings. The lowest BCUT2D eigenvalue weighted by Gasteiger charge is -2.34. The SMILES string of the molecule is O=C(CC1CCCC1)Nc1cccc(N2CCC(NCCc3ccncc3)CC2)c1. The van der Waals surface area contributed by atoms with Crippen LogP contribution in [0.5, 0.6) is 0 Å². The second-order valence-corrected chi connectivity index (χ2v) is 8.77. The largest absolute Gasteiger partial charge is 0.371 e. The van der Waals surface area contributed by atoms with Gasteiger partial charge in [0.15, 0.2) is 0 Å². The summed E-state index contributed by atoms with van der Waals surface area (Å²) < 4.78 is 0. The molecule has 5 heteroatoms. The van der Waals surface area contributed by atoms with E-state index in [0.29, 0.717) is 18.4 Å². The van der Waals surface area contributed by atoms with Crippen molar-refractivity contribution in [1.29, 1.82) is 0 Å². The van der Waals surface area contributed by atoms with Crippen LogP contribution in [0.3, 0.4) is 0 Å². The lowest BCUT2D eigenvalue weighted by atomic mass is 10.0. The second-order valence-electron chi connectivity index (χ2n) is 8.77. The number of rotatable bonds is 8. The minimum atomic E-state index is 0.163. The van der Waals surface area contributed by atoms with Gasteiger partial charge in [0, 0.05) is 49.3 Å². The molecular formula is C25H34N4O. The topological polar surface area (TPSA) is 57.3 Å². The summed E-state index contributed by atoms with van der Waals surface area (Å²) in [5.41, 5.74) is 3.47. The molecule has 0 bridgehead atoms. The first-order valence-electron chi connectivity index (χ1n) is 11.5.